The van der Waals surface area contributed by atoms with Gasteiger partial charge in [-0.2, -0.15) is 0 Å². The van der Waals surface area contributed by atoms with Crippen molar-refractivity contribution in [1.82, 2.24) is 10.6 Å². The molecule has 2 N–H and O–H groups in total. The minimum atomic E-state index is -0.770. The molecule has 0 spiro atoms. The molecule has 7 heteroatoms. The van der Waals surface area contributed by atoms with Crippen LogP contribution in [0.2, 0.25) is 0 Å². The first-order valence-corrected chi connectivity index (χ1v) is 9.96. The number of amides is 2. The van der Waals surface area contributed by atoms with E-state index in [1.807, 2.05) is 24.3 Å². The lowest BCUT2D eigenvalue weighted by molar-refractivity contribution is 0.0880. The minimum absolute atomic E-state index is 0.369. The Morgan fingerprint density at radius 1 is 0.733 bits per heavy atom. The normalized spacial score (nSPS) is 10.4. The molecule has 0 saturated heterocycles. The van der Waals surface area contributed by atoms with Crippen molar-refractivity contribution >= 4 is 27.7 Å². The van der Waals surface area contributed by atoms with Gasteiger partial charge in [0.25, 0.3) is 11.8 Å². The number of carbonyl (C=O) groups excluding carboxylic acids is 2. The maximum absolute atomic E-state index is 12.9. The van der Waals surface area contributed by atoms with Gasteiger partial charge in [-0.05, 0) is 42.0 Å². The lowest BCUT2D eigenvalue weighted by atomic mass is 10.1. The number of para-hydroxylation sites is 2. The van der Waals surface area contributed by atoms with Gasteiger partial charge in [0.1, 0.15) is 17.7 Å². The van der Waals surface area contributed by atoms with E-state index in [9.17, 15) is 9.59 Å². The zero-order valence-electron chi connectivity index (χ0n) is 16.5. The van der Waals surface area contributed by atoms with Crippen LogP contribution in [0, 0.1) is 0 Å². The maximum atomic E-state index is 12.9. The van der Waals surface area contributed by atoms with Gasteiger partial charge in [0.2, 0.25) is 0 Å². The Kier molecular flexibility index (Phi) is 7.08. The third-order valence-electron chi connectivity index (χ3n) is 4.46. The first-order valence-electron chi connectivity index (χ1n) is 9.16. The average Bonchev–Trinajstić information content (AvgIpc) is 2.78. The van der Waals surface area contributed by atoms with Crippen LogP contribution in [0.3, 0.4) is 0 Å². The number of halogens is 1. The number of hydrogen-bond acceptors (Lipinski definition) is 4. The van der Waals surface area contributed by atoms with Crippen molar-refractivity contribution < 1.29 is 19.1 Å². The summed E-state index contributed by atoms with van der Waals surface area (Å²) in [7, 11) is 3.00. The van der Waals surface area contributed by atoms with E-state index in [1.54, 1.807) is 48.5 Å². The standard InChI is InChI=1S/C23H21BrN2O4/c1-29-19-9-5-3-7-17(19)22(27)25-21(15-11-13-16(24)14-12-15)26-23(28)18-8-4-6-10-20(18)30-2/h3-14,21H,1-2H3,(H,25,27)(H,26,28). The van der Waals surface area contributed by atoms with Crippen LogP contribution >= 0.6 is 15.9 Å². The summed E-state index contributed by atoms with van der Waals surface area (Å²) in [6.45, 7) is 0. The Bertz CT molecular complexity index is 976. The van der Waals surface area contributed by atoms with Crippen LogP contribution < -0.4 is 20.1 Å². The molecule has 6 nitrogen and oxygen atoms in total. The molecule has 0 saturated carbocycles. The lowest BCUT2D eigenvalue weighted by Gasteiger charge is -2.22. The molecule has 0 fully saturated rings. The van der Waals surface area contributed by atoms with Crippen molar-refractivity contribution in [1.29, 1.82) is 0 Å². The van der Waals surface area contributed by atoms with Crippen molar-refractivity contribution in [2.24, 2.45) is 0 Å². The third-order valence-corrected chi connectivity index (χ3v) is 4.99. The van der Waals surface area contributed by atoms with Gasteiger partial charge in [-0.3, -0.25) is 9.59 Å². The highest BCUT2D eigenvalue weighted by atomic mass is 79.9. The van der Waals surface area contributed by atoms with Gasteiger partial charge in [0.15, 0.2) is 0 Å². The summed E-state index contributed by atoms with van der Waals surface area (Å²) in [5.41, 5.74) is 1.45. The molecule has 3 rings (SSSR count). The molecule has 3 aromatic rings. The van der Waals surface area contributed by atoms with E-state index in [-0.39, 0.29) is 11.8 Å². The smallest absolute Gasteiger partial charge is 0.256 e. The predicted octanol–water partition coefficient (Wildman–Crippen LogP) is 4.32. The molecular formula is C23H21BrN2O4. The summed E-state index contributed by atoms with van der Waals surface area (Å²) in [6, 6.07) is 21.1. The molecule has 0 atom stereocenters. The first-order chi connectivity index (χ1) is 14.5. The van der Waals surface area contributed by atoms with Crippen molar-refractivity contribution in [2.75, 3.05) is 14.2 Å². The summed E-state index contributed by atoms with van der Waals surface area (Å²) >= 11 is 3.40. The second kappa shape index (κ2) is 9.93. The summed E-state index contributed by atoms with van der Waals surface area (Å²) in [5.74, 6) is 0.141. The van der Waals surface area contributed by atoms with Crippen LogP contribution in [0.5, 0.6) is 11.5 Å². The van der Waals surface area contributed by atoms with Gasteiger partial charge in [0, 0.05) is 4.47 Å². The number of benzene rings is 3. The molecule has 0 heterocycles. The molecule has 154 valence electrons. The highest BCUT2D eigenvalue weighted by Crippen LogP contribution is 2.22. The molecule has 0 unspecified atom stereocenters. The van der Waals surface area contributed by atoms with Crippen LogP contribution in [-0.4, -0.2) is 26.0 Å². The van der Waals surface area contributed by atoms with Crippen LogP contribution in [0.25, 0.3) is 0 Å². The van der Waals surface area contributed by atoms with Crippen LogP contribution in [-0.2, 0) is 0 Å². The largest absolute Gasteiger partial charge is 0.496 e. The fourth-order valence-electron chi connectivity index (χ4n) is 2.94. The second-order valence-electron chi connectivity index (χ2n) is 6.33. The van der Waals surface area contributed by atoms with E-state index in [4.69, 9.17) is 9.47 Å². The average molecular weight is 469 g/mol. The topological polar surface area (TPSA) is 76.7 Å². The lowest BCUT2D eigenvalue weighted by Crippen LogP contribution is -2.41. The predicted molar refractivity (Wildman–Crippen MR) is 118 cm³/mol. The Morgan fingerprint density at radius 3 is 1.60 bits per heavy atom. The molecule has 0 radical (unpaired) electrons. The summed E-state index contributed by atoms with van der Waals surface area (Å²) in [6.07, 6.45) is -0.770. The monoisotopic (exact) mass is 468 g/mol. The number of hydrogen-bond donors (Lipinski definition) is 2. The first kappa shape index (κ1) is 21.4. The molecule has 0 aliphatic rings. The second-order valence-corrected chi connectivity index (χ2v) is 7.25. The van der Waals surface area contributed by atoms with Gasteiger partial charge >= 0.3 is 0 Å². The van der Waals surface area contributed by atoms with E-state index in [2.05, 4.69) is 26.6 Å². The number of nitrogens with one attached hydrogen (secondary N) is 2. The Morgan fingerprint density at radius 2 is 1.17 bits per heavy atom. The fraction of sp³-hybridized carbons (Fsp3) is 0.130. The van der Waals surface area contributed by atoms with Crippen molar-refractivity contribution in [3.05, 3.63) is 94.0 Å². The third kappa shape index (κ3) is 4.99. The van der Waals surface area contributed by atoms with Crippen LogP contribution in [0.4, 0.5) is 0 Å². The molecular weight excluding hydrogens is 448 g/mol. The molecule has 30 heavy (non-hydrogen) atoms. The van der Waals surface area contributed by atoms with Gasteiger partial charge < -0.3 is 20.1 Å². The summed E-state index contributed by atoms with van der Waals surface area (Å²) in [4.78, 5) is 25.9. The molecule has 3 aromatic carbocycles. The van der Waals surface area contributed by atoms with Gasteiger partial charge in [0.05, 0.1) is 25.3 Å². The Labute approximate surface area is 183 Å². The number of carbonyl (C=O) groups is 2. The minimum Gasteiger partial charge on any atom is -0.496 e. The Hall–Kier alpha value is -3.32. The van der Waals surface area contributed by atoms with E-state index in [0.29, 0.717) is 28.2 Å². The molecule has 0 aliphatic carbocycles. The molecule has 0 bridgehead atoms. The fourth-order valence-corrected chi connectivity index (χ4v) is 3.20. The Balaban J connectivity index is 1.90. The van der Waals surface area contributed by atoms with E-state index in [0.717, 1.165) is 4.47 Å². The SMILES string of the molecule is COc1ccccc1C(=O)NC(NC(=O)c1ccccc1OC)c1ccc(Br)cc1. The highest BCUT2D eigenvalue weighted by Gasteiger charge is 2.22. The van der Waals surface area contributed by atoms with Gasteiger partial charge in [-0.25, -0.2) is 0 Å². The van der Waals surface area contributed by atoms with Crippen LogP contribution in [0.15, 0.2) is 77.3 Å². The quantitative estimate of drug-likeness (QED) is 0.506. The van der Waals surface area contributed by atoms with E-state index >= 15 is 0 Å². The van der Waals surface area contributed by atoms with Crippen molar-refractivity contribution in [3.8, 4) is 11.5 Å². The highest BCUT2D eigenvalue weighted by molar-refractivity contribution is 9.10. The zero-order valence-corrected chi connectivity index (χ0v) is 18.1. The molecule has 2 amide bonds. The van der Waals surface area contributed by atoms with Crippen LogP contribution in [0.1, 0.15) is 32.4 Å². The van der Waals surface area contributed by atoms with Gasteiger partial charge in [-0.15, -0.1) is 0 Å². The number of methoxy groups -OCH3 is 2. The molecule has 0 aromatic heterocycles. The van der Waals surface area contributed by atoms with Gasteiger partial charge in [-0.1, -0.05) is 52.3 Å². The van der Waals surface area contributed by atoms with Crippen molar-refractivity contribution in [2.45, 2.75) is 6.17 Å². The number of ether oxygens (including phenoxy) is 2. The number of rotatable bonds is 7. The summed E-state index contributed by atoms with van der Waals surface area (Å²) in [5, 5.41) is 5.75. The summed E-state index contributed by atoms with van der Waals surface area (Å²) < 4.78 is 11.4. The zero-order chi connectivity index (χ0) is 21.5. The molecule has 0 aliphatic heterocycles. The van der Waals surface area contributed by atoms with Crippen molar-refractivity contribution in [3.63, 3.8) is 0 Å². The van der Waals surface area contributed by atoms with E-state index in [1.165, 1.54) is 14.2 Å². The van der Waals surface area contributed by atoms with E-state index < -0.39 is 6.17 Å². The maximum Gasteiger partial charge on any atom is 0.256 e.